The van der Waals surface area contributed by atoms with Crippen molar-refractivity contribution in [1.82, 2.24) is 0 Å². The molecule has 0 amide bonds. The van der Waals surface area contributed by atoms with Gasteiger partial charge < -0.3 is 10.2 Å². The third-order valence-electron chi connectivity index (χ3n) is 6.95. The van der Waals surface area contributed by atoms with Crippen molar-refractivity contribution in [2.24, 2.45) is 22.7 Å². The van der Waals surface area contributed by atoms with Crippen LogP contribution in [0.5, 0.6) is 0 Å². The van der Waals surface area contributed by atoms with Crippen LogP contribution in [0, 0.1) is 22.7 Å². The zero-order valence-corrected chi connectivity index (χ0v) is 15.1. The molecule has 2 fully saturated rings. The molecule has 0 radical (unpaired) electrons. The van der Waals surface area contributed by atoms with Gasteiger partial charge in [-0.05, 0) is 59.5 Å². The van der Waals surface area contributed by atoms with Crippen molar-refractivity contribution in [3.05, 3.63) is 24.3 Å². The molecule has 0 aromatic rings. The van der Waals surface area contributed by atoms with Gasteiger partial charge in [-0.1, -0.05) is 33.9 Å². The Morgan fingerprint density at radius 1 is 1.25 bits per heavy atom. The van der Waals surface area contributed by atoms with Crippen LogP contribution in [-0.2, 0) is 9.59 Å². The van der Waals surface area contributed by atoms with Crippen LogP contribution in [0.1, 0.15) is 59.3 Å². The summed E-state index contributed by atoms with van der Waals surface area (Å²) in [4.78, 5) is 23.4. The molecule has 0 aromatic carbocycles. The summed E-state index contributed by atoms with van der Waals surface area (Å²) in [6.07, 6.45) is 3.09. The molecule has 24 heavy (non-hydrogen) atoms. The molecular formula is C20H30O4. The number of Topliss-reactive ketones (excluding diaryl/α,β-unsaturated/α-hetero) is 1. The Kier molecular flexibility index (Phi) is 5.10. The van der Waals surface area contributed by atoms with Gasteiger partial charge in [0.1, 0.15) is 0 Å². The number of hydrogen-bond acceptors (Lipinski definition) is 3. The van der Waals surface area contributed by atoms with Gasteiger partial charge in [-0.3, -0.25) is 9.59 Å². The summed E-state index contributed by atoms with van der Waals surface area (Å²) in [5.74, 6) is -0.534. The zero-order valence-electron chi connectivity index (χ0n) is 15.1. The van der Waals surface area contributed by atoms with E-state index in [0.717, 1.165) is 24.8 Å². The molecule has 2 rings (SSSR count). The number of rotatable bonds is 5. The Morgan fingerprint density at radius 3 is 2.46 bits per heavy atom. The lowest BCUT2D eigenvalue weighted by Crippen LogP contribution is -2.53. The van der Waals surface area contributed by atoms with Gasteiger partial charge in [0.05, 0.1) is 12.5 Å². The molecule has 5 unspecified atom stereocenters. The lowest BCUT2D eigenvalue weighted by atomic mass is 9.45. The molecule has 0 heterocycles. The fourth-order valence-electron chi connectivity index (χ4n) is 5.05. The van der Waals surface area contributed by atoms with E-state index in [9.17, 15) is 14.7 Å². The van der Waals surface area contributed by atoms with Crippen molar-refractivity contribution < 1.29 is 19.8 Å². The van der Waals surface area contributed by atoms with Crippen LogP contribution in [0.25, 0.3) is 0 Å². The first-order valence-corrected chi connectivity index (χ1v) is 8.82. The van der Waals surface area contributed by atoms with E-state index in [1.54, 1.807) is 0 Å². The molecule has 4 nitrogen and oxygen atoms in total. The molecule has 2 N–H and O–H groups in total. The van der Waals surface area contributed by atoms with E-state index in [1.165, 1.54) is 0 Å². The fraction of sp³-hybridized carbons (Fsp3) is 0.700. The second-order valence-electron chi connectivity index (χ2n) is 8.31. The van der Waals surface area contributed by atoms with Crippen molar-refractivity contribution >= 4 is 11.8 Å². The Bertz CT molecular complexity index is 578. The quantitative estimate of drug-likeness (QED) is 0.593. The third-order valence-corrected chi connectivity index (χ3v) is 6.95. The van der Waals surface area contributed by atoms with E-state index in [1.807, 2.05) is 0 Å². The Hall–Kier alpha value is -1.42. The molecule has 2 aliphatic carbocycles. The highest BCUT2D eigenvalue weighted by atomic mass is 16.4. The van der Waals surface area contributed by atoms with Gasteiger partial charge in [0.25, 0.3) is 0 Å². The first-order valence-electron chi connectivity index (χ1n) is 8.82. The van der Waals surface area contributed by atoms with Gasteiger partial charge in [0, 0.05) is 6.42 Å². The minimum Gasteiger partial charge on any atom is -0.481 e. The van der Waals surface area contributed by atoms with Gasteiger partial charge in [0.2, 0.25) is 0 Å². The smallest absolute Gasteiger partial charge is 0.307 e. The van der Waals surface area contributed by atoms with E-state index in [2.05, 4.69) is 33.9 Å². The van der Waals surface area contributed by atoms with E-state index < -0.39 is 12.1 Å². The van der Waals surface area contributed by atoms with Crippen LogP contribution < -0.4 is 0 Å². The Labute approximate surface area is 144 Å². The maximum atomic E-state index is 12.6. The van der Waals surface area contributed by atoms with Crippen molar-refractivity contribution in [3.8, 4) is 0 Å². The molecule has 0 spiro atoms. The zero-order chi connectivity index (χ0) is 18.3. The number of carboxylic acid groups (broad SMARTS) is 1. The largest absolute Gasteiger partial charge is 0.481 e. The minimum atomic E-state index is -1.02. The number of aliphatic hydroxyl groups excluding tert-OH is 1. The second kappa shape index (κ2) is 6.47. The predicted molar refractivity (Wildman–Crippen MR) is 93.5 cm³/mol. The van der Waals surface area contributed by atoms with Crippen molar-refractivity contribution in [2.45, 2.75) is 65.4 Å². The van der Waals surface area contributed by atoms with Crippen LogP contribution in [-0.4, -0.2) is 28.1 Å². The number of aliphatic carboxylic acids is 1. The van der Waals surface area contributed by atoms with Crippen molar-refractivity contribution in [3.63, 3.8) is 0 Å². The van der Waals surface area contributed by atoms with Crippen LogP contribution in [0.2, 0.25) is 0 Å². The standard InChI is InChI=1S/C20H30O4/c1-12(10-18(23)24)16(22)11-20(5)13(2)8-9-19(4)14(3)15(21)6-7-17(19)20/h13,15,17,21H,1,3,6-11H2,2,4-5H3,(H,23,24). The third kappa shape index (κ3) is 3.08. The second-order valence-corrected chi connectivity index (χ2v) is 8.31. The van der Waals surface area contributed by atoms with Crippen LogP contribution >= 0.6 is 0 Å². The normalized spacial score (nSPS) is 39.2. The molecule has 0 aromatic heterocycles. The first-order chi connectivity index (χ1) is 11.0. The van der Waals surface area contributed by atoms with Crippen molar-refractivity contribution in [2.75, 3.05) is 0 Å². The number of carbonyl (C=O) groups excluding carboxylic acids is 1. The van der Waals surface area contributed by atoms with E-state index in [-0.39, 0.29) is 34.5 Å². The monoisotopic (exact) mass is 334 g/mol. The van der Waals surface area contributed by atoms with E-state index in [4.69, 9.17) is 5.11 Å². The minimum absolute atomic E-state index is 0.146. The number of hydrogen-bond donors (Lipinski definition) is 2. The highest BCUT2D eigenvalue weighted by Gasteiger charge is 2.56. The molecule has 0 aliphatic heterocycles. The van der Waals surface area contributed by atoms with Gasteiger partial charge in [-0.2, -0.15) is 0 Å². The highest BCUT2D eigenvalue weighted by Crippen LogP contribution is 2.62. The SMILES string of the molecule is C=C(CC(=O)O)C(=O)CC1(C)C(C)CCC2(C)C(=C)C(O)CCC21. The molecule has 2 aliphatic rings. The summed E-state index contributed by atoms with van der Waals surface area (Å²) in [5, 5.41) is 19.1. The van der Waals surface area contributed by atoms with Gasteiger partial charge in [0.15, 0.2) is 5.78 Å². The van der Waals surface area contributed by atoms with E-state index in [0.29, 0.717) is 18.8 Å². The first kappa shape index (κ1) is 18.9. The Morgan fingerprint density at radius 2 is 1.88 bits per heavy atom. The number of aliphatic hydroxyl groups is 1. The van der Waals surface area contributed by atoms with Gasteiger partial charge >= 0.3 is 5.97 Å². The van der Waals surface area contributed by atoms with Crippen LogP contribution in [0.4, 0.5) is 0 Å². The average molecular weight is 334 g/mol. The Balaban J connectivity index is 2.28. The molecule has 0 saturated heterocycles. The number of carboxylic acids is 1. The van der Waals surface area contributed by atoms with E-state index >= 15 is 0 Å². The summed E-state index contributed by atoms with van der Waals surface area (Å²) in [6, 6.07) is 0. The molecule has 134 valence electrons. The van der Waals surface area contributed by atoms with Gasteiger partial charge in [-0.15, -0.1) is 0 Å². The van der Waals surface area contributed by atoms with Crippen LogP contribution in [0.15, 0.2) is 24.3 Å². The highest BCUT2D eigenvalue weighted by molar-refractivity contribution is 5.98. The molecule has 2 saturated carbocycles. The predicted octanol–water partition coefficient (Wildman–Crippen LogP) is 3.75. The molecule has 5 atom stereocenters. The molecular weight excluding hydrogens is 304 g/mol. The lowest BCUT2D eigenvalue weighted by Gasteiger charge is -2.59. The maximum Gasteiger partial charge on any atom is 0.307 e. The maximum absolute atomic E-state index is 12.6. The number of fused-ring (bicyclic) bond motifs is 1. The van der Waals surface area contributed by atoms with Crippen molar-refractivity contribution in [1.29, 1.82) is 0 Å². The number of ketones is 1. The summed E-state index contributed by atoms with van der Waals surface area (Å²) >= 11 is 0. The topological polar surface area (TPSA) is 74.6 Å². The summed E-state index contributed by atoms with van der Waals surface area (Å²) in [6.45, 7) is 14.3. The lowest BCUT2D eigenvalue weighted by molar-refractivity contribution is -0.137. The van der Waals surface area contributed by atoms with Gasteiger partial charge in [-0.25, -0.2) is 0 Å². The molecule has 4 heteroatoms. The summed E-state index contributed by atoms with van der Waals surface area (Å²) < 4.78 is 0. The van der Waals surface area contributed by atoms with Crippen LogP contribution in [0.3, 0.4) is 0 Å². The fourth-order valence-corrected chi connectivity index (χ4v) is 5.05. The summed E-state index contributed by atoms with van der Waals surface area (Å²) in [7, 11) is 0. The average Bonchev–Trinajstić information content (AvgIpc) is 2.48. The number of carbonyl (C=O) groups is 2. The molecule has 0 bridgehead atoms. The summed E-state index contributed by atoms with van der Waals surface area (Å²) in [5.41, 5.74) is 0.689.